The lowest BCUT2D eigenvalue weighted by atomic mass is 9.96. The highest BCUT2D eigenvalue weighted by atomic mass is 16.5. The van der Waals surface area contributed by atoms with Gasteiger partial charge in [-0.25, -0.2) is 0 Å². The highest BCUT2D eigenvalue weighted by Gasteiger charge is 2.28. The number of carbonyl (C=O) groups is 1. The number of esters is 1. The summed E-state index contributed by atoms with van der Waals surface area (Å²) < 4.78 is 5.08. The van der Waals surface area contributed by atoms with Gasteiger partial charge in [-0.1, -0.05) is 6.92 Å². The molecule has 15 heavy (non-hydrogen) atoms. The fourth-order valence-electron chi connectivity index (χ4n) is 2.12. The Kier molecular flexibility index (Phi) is 5.09. The minimum absolute atomic E-state index is 0.00879. The molecular weight excluding hydrogens is 190 g/mol. The molecule has 1 fully saturated rings. The normalized spacial score (nSPS) is 24.9. The molecule has 2 atom stereocenters. The van der Waals surface area contributed by atoms with Crippen molar-refractivity contribution in [3.8, 4) is 0 Å². The number of rotatable bonds is 4. The number of hydrogen-bond acceptors (Lipinski definition) is 3. The number of carbonyl (C=O) groups excluding carboxylic acids is 1. The van der Waals surface area contributed by atoms with Crippen molar-refractivity contribution in [3.05, 3.63) is 0 Å². The molecule has 88 valence electrons. The van der Waals surface area contributed by atoms with Crippen LogP contribution in [-0.2, 0) is 9.53 Å². The zero-order valence-corrected chi connectivity index (χ0v) is 10.2. The van der Waals surface area contributed by atoms with Crippen molar-refractivity contribution in [2.24, 2.45) is 5.92 Å². The molecule has 0 N–H and O–H groups in total. The van der Waals surface area contributed by atoms with E-state index < -0.39 is 0 Å². The van der Waals surface area contributed by atoms with Crippen molar-refractivity contribution < 1.29 is 9.53 Å². The van der Waals surface area contributed by atoms with Gasteiger partial charge in [-0.3, -0.25) is 9.69 Å². The second-order valence-electron chi connectivity index (χ2n) is 4.34. The molecule has 3 nitrogen and oxygen atoms in total. The van der Waals surface area contributed by atoms with E-state index in [4.69, 9.17) is 4.74 Å². The maximum Gasteiger partial charge on any atom is 0.310 e. The van der Waals surface area contributed by atoms with Gasteiger partial charge in [-0.15, -0.1) is 0 Å². The van der Waals surface area contributed by atoms with Crippen molar-refractivity contribution in [1.82, 2.24) is 4.90 Å². The lowest BCUT2D eigenvalue weighted by Crippen LogP contribution is -2.43. The minimum Gasteiger partial charge on any atom is -0.466 e. The summed E-state index contributed by atoms with van der Waals surface area (Å²) in [5.74, 6) is 0.0956. The molecule has 1 aliphatic heterocycles. The van der Waals surface area contributed by atoms with E-state index in [0.29, 0.717) is 12.6 Å². The second kappa shape index (κ2) is 6.11. The summed E-state index contributed by atoms with van der Waals surface area (Å²) in [6.07, 6.45) is 3.26. The van der Waals surface area contributed by atoms with Crippen molar-refractivity contribution in [3.63, 3.8) is 0 Å². The highest BCUT2D eigenvalue weighted by Crippen LogP contribution is 2.20. The molecule has 1 saturated heterocycles. The number of likely N-dealkylation sites (tertiary alicyclic amines) is 1. The van der Waals surface area contributed by atoms with Crippen LogP contribution in [0.4, 0.5) is 0 Å². The van der Waals surface area contributed by atoms with Gasteiger partial charge in [0.25, 0.3) is 0 Å². The van der Waals surface area contributed by atoms with E-state index in [-0.39, 0.29) is 11.9 Å². The summed E-state index contributed by atoms with van der Waals surface area (Å²) in [5, 5.41) is 0. The predicted molar refractivity (Wildman–Crippen MR) is 60.7 cm³/mol. The van der Waals surface area contributed by atoms with Crippen LogP contribution in [0.25, 0.3) is 0 Å². The van der Waals surface area contributed by atoms with E-state index >= 15 is 0 Å². The van der Waals surface area contributed by atoms with Gasteiger partial charge in [-0.05, 0) is 39.7 Å². The smallest absolute Gasteiger partial charge is 0.310 e. The van der Waals surface area contributed by atoms with Crippen LogP contribution in [-0.4, -0.2) is 36.6 Å². The van der Waals surface area contributed by atoms with E-state index in [1.165, 1.54) is 0 Å². The van der Waals surface area contributed by atoms with Gasteiger partial charge in [-0.2, -0.15) is 0 Å². The van der Waals surface area contributed by atoms with E-state index in [1.807, 2.05) is 6.92 Å². The molecule has 1 aliphatic rings. The fraction of sp³-hybridized carbons (Fsp3) is 0.917. The van der Waals surface area contributed by atoms with Crippen molar-refractivity contribution in [2.75, 3.05) is 19.7 Å². The van der Waals surface area contributed by atoms with Gasteiger partial charge in [0.05, 0.1) is 12.5 Å². The zero-order valence-electron chi connectivity index (χ0n) is 10.2. The predicted octanol–water partition coefficient (Wildman–Crippen LogP) is 2.06. The average molecular weight is 213 g/mol. The standard InChI is InChI=1S/C12H23NO2/c1-4-10(3)13-8-6-7-11(9-13)12(14)15-5-2/h10-11H,4-9H2,1-3H3/t10?,11-/m0/s1. The number of nitrogens with zero attached hydrogens (tertiary/aromatic N) is 1. The summed E-state index contributed by atoms with van der Waals surface area (Å²) >= 11 is 0. The lowest BCUT2D eigenvalue weighted by molar-refractivity contribution is -0.150. The number of piperidine rings is 1. The average Bonchev–Trinajstić information content (AvgIpc) is 2.28. The molecule has 0 amide bonds. The molecule has 0 spiro atoms. The fourth-order valence-corrected chi connectivity index (χ4v) is 2.12. The first-order valence-electron chi connectivity index (χ1n) is 6.09. The van der Waals surface area contributed by atoms with Gasteiger partial charge in [0.1, 0.15) is 0 Å². The van der Waals surface area contributed by atoms with Crippen molar-refractivity contribution in [2.45, 2.75) is 46.1 Å². The minimum atomic E-state index is -0.00879. The Balaban J connectivity index is 2.44. The van der Waals surface area contributed by atoms with Gasteiger partial charge in [0, 0.05) is 12.6 Å². The molecule has 0 saturated carbocycles. The molecule has 1 heterocycles. The second-order valence-corrected chi connectivity index (χ2v) is 4.34. The third-order valence-corrected chi connectivity index (χ3v) is 3.29. The zero-order chi connectivity index (χ0) is 11.3. The maximum absolute atomic E-state index is 11.6. The van der Waals surface area contributed by atoms with Gasteiger partial charge in [0.2, 0.25) is 0 Å². The maximum atomic E-state index is 11.6. The summed E-state index contributed by atoms with van der Waals surface area (Å²) in [5.41, 5.74) is 0. The SMILES string of the molecule is CCOC(=O)[C@H]1CCCN(C(C)CC)C1. The van der Waals surface area contributed by atoms with Crippen LogP contribution in [0.3, 0.4) is 0 Å². The summed E-state index contributed by atoms with van der Waals surface area (Å²) in [6.45, 7) is 8.80. The Morgan fingerprint density at radius 1 is 1.53 bits per heavy atom. The van der Waals surface area contributed by atoms with Gasteiger partial charge in [0.15, 0.2) is 0 Å². The summed E-state index contributed by atoms with van der Waals surface area (Å²) in [7, 11) is 0. The third-order valence-electron chi connectivity index (χ3n) is 3.29. The lowest BCUT2D eigenvalue weighted by Gasteiger charge is -2.35. The molecule has 0 radical (unpaired) electrons. The van der Waals surface area contributed by atoms with Crippen LogP contribution in [0.15, 0.2) is 0 Å². The van der Waals surface area contributed by atoms with E-state index in [9.17, 15) is 4.79 Å². The van der Waals surface area contributed by atoms with E-state index in [0.717, 1.165) is 32.4 Å². The molecular formula is C12H23NO2. The molecule has 0 aromatic carbocycles. The van der Waals surface area contributed by atoms with Crippen molar-refractivity contribution >= 4 is 5.97 Å². The number of ether oxygens (including phenoxy) is 1. The molecule has 0 bridgehead atoms. The van der Waals surface area contributed by atoms with Gasteiger partial charge < -0.3 is 4.74 Å². The summed E-state index contributed by atoms with van der Waals surface area (Å²) in [6, 6.07) is 0.585. The molecule has 0 aromatic heterocycles. The molecule has 0 aliphatic carbocycles. The van der Waals surface area contributed by atoms with Crippen LogP contribution in [0.1, 0.15) is 40.0 Å². The Labute approximate surface area is 92.8 Å². The summed E-state index contributed by atoms with van der Waals surface area (Å²) in [4.78, 5) is 14.0. The molecule has 1 unspecified atom stereocenters. The van der Waals surface area contributed by atoms with Crippen LogP contribution >= 0.6 is 0 Å². The molecule has 0 aromatic rings. The largest absolute Gasteiger partial charge is 0.466 e. The first-order chi connectivity index (χ1) is 7.19. The van der Waals surface area contributed by atoms with E-state index in [2.05, 4.69) is 18.7 Å². The van der Waals surface area contributed by atoms with Crippen LogP contribution in [0.2, 0.25) is 0 Å². The first-order valence-corrected chi connectivity index (χ1v) is 6.09. The third kappa shape index (κ3) is 3.49. The highest BCUT2D eigenvalue weighted by molar-refractivity contribution is 5.72. The Morgan fingerprint density at radius 3 is 2.87 bits per heavy atom. The Morgan fingerprint density at radius 2 is 2.27 bits per heavy atom. The Bertz CT molecular complexity index is 206. The monoisotopic (exact) mass is 213 g/mol. The number of hydrogen-bond donors (Lipinski definition) is 0. The van der Waals surface area contributed by atoms with Crippen molar-refractivity contribution in [1.29, 1.82) is 0 Å². The Hall–Kier alpha value is -0.570. The molecule has 1 rings (SSSR count). The topological polar surface area (TPSA) is 29.5 Å². The van der Waals surface area contributed by atoms with Gasteiger partial charge >= 0.3 is 5.97 Å². The first kappa shape index (κ1) is 12.5. The van der Waals surface area contributed by atoms with E-state index in [1.54, 1.807) is 0 Å². The van der Waals surface area contributed by atoms with Crippen LogP contribution in [0, 0.1) is 5.92 Å². The molecule has 3 heteroatoms. The van der Waals surface area contributed by atoms with Crippen LogP contribution in [0.5, 0.6) is 0 Å². The quantitative estimate of drug-likeness (QED) is 0.669. The van der Waals surface area contributed by atoms with Crippen LogP contribution < -0.4 is 0 Å².